The molecule has 0 aliphatic heterocycles. The second-order valence-corrected chi connectivity index (χ2v) is 8.43. The maximum atomic E-state index is 5.98. The zero-order chi connectivity index (χ0) is 21.8. The first-order valence-corrected chi connectivity index (χ1v) is 10.9. The van der Waals surface area contributed by atoms with E-state index in [1.54, 1.807) is 0 Å². The van der Waals surface area contributed by atoms with Crippen LogP contribution in [0, 0.1) is 6.92 Å². The Morgan fingerprint density at radius 2 is 1.76 bits per heavy atom. The lowest BCUT2D eigenvalue weighted by Gasteiger charge is -2.30. The van der Waals surface area contributed by atoms with E-state index in [0.717, 1.165) is 53.5 Å². The third-order valence-electron chi connectivity index (χ3n) is 5.53. The van der Waals surface area contributed by atoms with Gasteiger partial charge >= 0.3 is 0 Å². The van der Waals surface area contributed by atoms with Crippen LogP contribution in [0.4, 0.5) is 5.82 Å². The summed E-state index contributed by atoms with van der Waals surface area (Å²) >= 11 is 5.98. The molecule has 0 bridgehead atoms. The Kier molecular flexibility index (Phi) is 9.77. The average molecular weight is 508 g/mol. The van der Waals surface area contributed by atoms with Crippen molar-refractivity contribution in [1.29, 1.82) is 0 Å². The van der Waals surface area contributed by atoms with Crippen LogP contribution in [0.2, 0.25) is 5.02 Å². The van der Waals surface area contributed by atoms with Crippen LogP contribution >= 0.6 is 36.4 Å². The molecule has 0 unspecified atom stereocenters. The van der Waals surface area contributed by atoms with Crippen molar-refractivity contribution in [2.45, 2.75) is 44.7 Å². The molecule has 1 aromatic heterocycles. The topological polar surface area (TPSA) is 102 Å². The smallest absolute Gasteiger partial charge is 0.186 e. The molecule has 9 heteroatoms. The van der Waals surface area contributed by atoms with E-state index in [4.69, 9.17) is 33.0 Å². The quantitative estimate of drug-likeness (QED) is 0.308. The zero-order valence-electron chi connectivity index (χ0n) is 18.4. The van der Waals surface area contributed by atoms with Gasteiger partial charge in [-0.1, -0.05) is 54.3 Å². The predicted molar refractivity (Wildman–Crippen MR) is 145 cm³/mol. The van der Waals surface area contributed by atoms with Crippen LogP contribution < -0.4 is 16.8 Å². The van der Waals surface area contributed by atoms with Gasteiger partial charge in [0.1, 0.15) is 5.82 Å². The highest BCUT2D eigenvalue weighted by Crippen LogP contribution is 2.28. The van der Waals surface area contributed by atoms with Crippen molar-refractivity contribution in [3.63, 3.8) is 0 Å². The number of benzene rings is 2. The number of hydrogen-bond donors (Lipinski definition) is 3. The number of fused-ring (bicyclic) bond motifs is 1. The van der Waals surface area contributed by atoms with Gasteiger partial charge in [0.05, 0.1) is 17.6 Å². The molecule has 2 atom stereocenters. The molecule has 0 amide bonds. The van der Waals surface area contributed by atoms with Gasteiger partial charge in [-0.2, -0.15) is 0 Å². The molecule has 176 valence electrons. The van der Waals surface area contributed by atoms with Gasteiger partial charge in [-0.15, -0.1) is 24.8 Å². The Balaban J connectivity index is 0.00000193. The summed E-state index contributed by atoms with van der Waals surface area (Å²) in [6.07, 6.45) is 8.12. The first-order valence-electron chi connectivity index (χ1n) is 10.6. The number of aliphatic imine (C=N–C) groups is 1. The highest BCUT2D eigenvalue weighted by Gasteiger charge is 2.26. The molecule has 1 saturated carbocycles. The van der Waals surface area contributed by atoms with E-state index < -0.39 is 0 Å². The number of rotatable bonds is 5. The van der Waals surface area contributed by atoms with Crippen molar-refractivity contribution < 1.29 is 0 Å². The van der Waals surface area contributed by atoms with Gasteiger partial charge in [0, 0.05) is 10.4 Å². The summed E-state index contributed by atoms with van der Waals surface area (Å²) in [6.45, 7) is 2.07. The zero-order valence-corrected chi connectivity index (χ0v) is 20.8. The van der Waals surface area contributed by atoms with Gasteiger partial charge in [0.15, 0.2) is 11.8 Å². The minimum Gasteiger partial charge on any atom is -0.370 e. The lowest BCUT2D eigenvalue weighted by molar-refractivity contribution is 0.405. The van der Waals surface area contributed by atoms with Crippen molar-refractivity contribution in [2.24, 2.45) is 16.5 Å². The van der Waals surface area contributed by atoms with Crippen molar-refractivity contribution >= 4 is 71.2 Å². The summed E-state index contributed by atoms with van der Waals surface area (Å²) in [5.74, 6) is 1.59. The normalized spacial score (nSPS) is 17.8. The molecule has 1 heterocycles. The molecule has 6 nitrogen and oxygen atoms in total. The minimum atomic E-state index is 0. The molecule has 33 heavy (non-hydrogen) atoms. The van der Waals surface area contributed by atoms with E-state index in [9.17, 15) is 0 Å². The highest BCUT2D eigenvalue weighted by atomic mass is 35.5. The Morgan fingerprint density at radius 3 is 2.48 bits per heavy atom. The summed E-state index contributed by atoms with van der Waals surface area (Å²) in [5.41, 5.74) is 14.4. The fourth-order valence-electron chi connectivity index (χ4n) is 3.99. The van der Waals surface area contributed by atoms with Gasteiger partial charge in [-0.05, 0) is 55.7 Å². The monoisotopic (exact) mass is 506 g/mol. The summed E-state index contributed by atoms with van der Waals surface area (Å²) in [6, 6.07) is 14.0. The minimum absolute atomic E-state index is 0. The number of hydrogen-bond acceptors (Lipinski definition) is 4. The molecule has 1 aliphatic rings. The lowest BCUT2D eigenvalue weighted by atomic mass is 9.90. The van der Waals surface area contributed by atoms with Crippen molar-refractivity contribution in [3.05, 3.63) is 64.4 Å². The first-order chi connectivity index (χ1) is 15.0. The largest absolute Gasteiger partial charge is 0.370 e. The van der Waals surface area contributed by atoms with E-state index in [2.05, 4.69) is 29.4 Å². The van der Waals surface area contributed by atoms with E-state index in [1.165, 1.54) is 0 Å². The summed E-state index contributed by atoms with van der Waals surface area (Å²) in [7, 11) is 0. The summed E-state index contributed by atoms with van der Waals surface area (Å²) in [4.78, 5) is 14.0. The molecule has 2 aromatic carbocycles. The van der Waals surface area contributed by atoms with Crippen molar-refractivity contribution in [2.75, 3.05) is 5.32 Å². The molecule has 0 saturated heterocycles. The number of halogens is 3. The number of anilines is 1. The van der Waals surface area contributed by atoms with Crippen LogP contribution in [-0.4, -0.2) is 28.0 Å². The first kappa shape index (κ1) is 26.7. The summed E-state index contributed by atoms with van der Waals surface area (Å²) in [5, 5.41) is 5.34. The number of nitrogens with two attached hydrogens (primary N) is 2. The number of aromatic nitrogens is 2. The van der Waals surface area contributed by atoms with Crippen LogP contribution in [0.5, 0.6) is 0 Å². The number of guanidine groups is 1. The van der Waals surface area contributed by atoms with Crippen LogP contribution in [0.3, 0.4) is 0 Å². The number of nitrogens with zero attached hydrogens (tertiary/aromatic N) is 3. The Labute approximate surface area is 211 Å². The second-order valence-electron chi connectivity index (χ2n) is 7.99. The van der Waals surface area contributed by atoms with E-state index in [0.29, 0.717) is 10.8 Å². The van der Waals surface area contributed by atoms with E-state index >= 15 is 0 Å². The predicted octanol–water partition coefficient (Wildman–Crippen LogP) is 5.60. The van der Waals surface area contributed by atoms with Gasteiger partial charge < -0.3 is 16.8 Å². The molecular weight excluding hydrogens is 479 g/mol. The maximum absolute atomic E-state index is 5.98. The number of nitrogens with one attached hydrogen (secondary N) is 1. The SMILES string of the molecule is Cc1ccc2nc(/C=C/c3ccc(Cl)cc3)nc(N[C@@H]3CCCC[C@@H]3N=C(N)N)c2c1.Cl.Cl. The van der Waals surface area contributed by atoms with Gasteiger partial charge in [-0.3, -0.25) is 0 Å². The fraction of sp³-hybridized carbons (Fsp3) is 0.292. The third kappa shape index (κ3) is 6.97. The molecule has 4 rings (SSSR count). The standard InChI is InChI=1S/C24H27ClN6.2ClH/c1-15-6-12-19-18(14-15)23(29-20-4-2-3-5-21(20)30-24(26)27)31-22(28-19)13-9-16-7-10-17(25)11-8-16;;/h6-14,20-21H,2-5H2,1H3,(H4,26,27,30)(H,28,29,31);2*1H/b13-9+;;/t20-,21+;;/m1../s1. The Hall–Kier alpha value is -2.54. The van der Waals surface area contributed by atoms with Crippen molar-refractivity contribution in [1.82, 2.24) is 9.97 Å². The van der Waals surface area contributed by atoms with Crippen LogP contribution in [0.1, 0.15) is 42.6 Å². The van der Waals surface area contributed by atoms with E-state index in [-0.39, 0.29) is 42.9 Å². The van der Waals surface area contributed by atoms with Gasteiger partial charge in [0.25, 0.3) is 0 Å². The Bertz CT molecular complexity index is 1130. The van der Waals surface area contributed by atoms with Crippen LogP contribution in [-0.2, 0) is 0 Å². The number of aryl methyl sites for hydroxylation is 1. The van der Waals surface area contributed by atoms with Gasteiger partial charge in [0.2, 0.25) is 0 Å². The fourth-order valence-corrected chi connectivity index (χ4v) is 4.12. The highest BCUT2D eigenvalue weighted by molar-refractivity contribution is 6.30. The molecule has 5 N–H and O–H groups in total. The third-order valence-corrected chi connectivity index (χ3v) is 5.78. The van der Waals surface area contributed by atoms with Crippen LogP contribution in [0.25, 0.3) is 23.1 Å². The maximum Gasteiger partial charge on any atom is 0.186 e. The molecule has 1 fully saturated rings. The molecule has 0 spiro atoms. The average Bonchev–Trinajstić information content (AvgIpc) is 2.75. The van der Waals surface area contributed by atoms with Crippen molar-refractivity contribution in [3.8, 4) is 0 Å². The Morgan fingerprint density at radius 1 is 1.03 bits per heavy atom. The molecule has 1 aliphatic carbocycles. The van der Waals surface area contributed by atoms with Crippen LogP contribution in [0.15, 0.2) is 47.5 Å². The lowest BCUT2D eigenvalue weighted by Crippen LogP contribution is -2.38. The second kappa shape index (κ2) is 12.1. The van der Waals surface area contributed by atoms with Gasteiger partial charge in [-0.25, -0.2) is 15.0 Å². The molecule has 0 radical (unpaired) electrons. The summed E-state index contributed by atoms with van der Waals surface area (Å²) < 4.78 is 0. The molecular formula is C24H29Cl3N6. The molecule has 3 aromatic rings. The van der Waals surface area contributed by atoms with E-state index in [1.807, 2.05) is 42.5 Å².